The molecule has 1 aromatic carbocycles. The van der Waals surface area contributed by atoms with Crippen LogP contribution < -0.4 is 0 Å². The van der Waals surface area contributed by atoms with Gasteiger partial charge in [-0.1, -0.05) is 0 Å². The lowest BCUT2D eigenvalue weighted by Crippen LogP contribution is -2.39. The summed E-state index contributed by atoms with van der Waals surface area (Å²) in [5.41, 5.74) is 0.764. The van der Waals surface area contributed by atoms with Gasteiger partial charge in [-0.25, -0.2) is 4.79 Å². The van der Waals surface area contributed by atoms with E-state index < -0.39 is 5.97 Å². The molecule has 0 aliphatic carbocycles. The van der Waals surface area contributed by atoms with Crippen LogP contribution in [0.1, 0.15) is 34.1 Å². The van der Waals surface area contributed by atoms with Gasteiger partial charge in [-0.15, -0.1) is 0 Å². The summed E-state index contributed by atoms with van der Waals surface area (Å²) in [7, 11) is 0. The van der Waals surface area contributed by atoms with E-state index in [0.29, 0.717) is 5.56 Å². The molecule has 1 heterocycles. The molecule has 1 unspecified atom stereocenters. The molecule has 1 aromatic rings. The summed E-state index contributed by atoms with van der Waals surface area (Å²) in [6.07, 6.45) is 1.00. The second kappa shape index (κ2) is 6.10. The van der Waals surface area contributed by atoms with Crippen molar-refractivity contribution in [2.45, 2.75) is 19.4 Å². The number of carbonyl (C=O) groups is 2. The highest BCUT2D eigenvalue weighted by molar-refractivity contribution is 7.99. The molecule has 1 atom stereocenters. The standard InChI is InChI=1S/C14H17NO3S/c1-10-6-8-19-9-7-15(10)13(16)11-2-4-12(5-3-11)14(17)18/h2-5,10H,6-9H2,1H3,(H,17,18). The lowest BCUT2D eigenvalue weighted by molar-refractivity contribution is 0.0686. The molecule has 2 rings (SSSR count). The van der Waals surface area contributed by atoms with Crippen LogP contribution in [0.25, 0.3) is 0 Å². The normalized spacial score (nSPS) is 19.8. The van der Waals surface area contributed by atoms with Crippen LogP contribution in [0.4, 0.5) is 0 Å². The molecule has 1 aliphatic rings. The smallest absolute Gasteiger partial charge is 0.335 e. The lowest BCUT2D eigenvalue weighted by atomic mass is 10.1. The molecule has 5 heteroatoms. The molecular formula is C14H17NO3S. The first-order chi connectivity index (χ1) is 9.09. The van der Waals surface area contributed by atoms with E-state index in [0.717, 1.165) is 24.5 Å². The molecule has 0 radical (unpaired) electrons. The van der Waals surface area contributed by atoms with Crippen LogP contribution in [0.15, 0.2) is 24.3 Å². The van der Waals surface area contributed by atoms with Crippen LogP contribution in [-0.4, -0.2) is 46.0 Å². The number of amides is 1. The van der Waals surface area contributed by atoms with E-state index in [2.05, 4.69) is 6.92 Å². The minimum absolute atomic E-state index is 0.00746. The summed E-state index contributed by atoms with van der Waals surface area (Å²) in [5.74, 6) is 1.07. The maximum atomic E-state index is 12.4. The zero-order valence-corrected chi connectivity index (χ0v) is 11.7. The molecule has 4 nitrogen and oxygen atoms in total. The van der Waals surface area contributed by atoms with Gasteiger partial charge in [0.1, 0.15) is 0 Å². The molecule has 1 fully saturated rings. The first-order valence-electron chi connectivity index (χ1n) is 6.31. The van der Waals surface area contributed by atoms with Gasteiger partial charge >= 0.3 is 5.97 Å². The number of benzene rings is 1. The van der Waals surface area contributed by atoms with Crippen molar-refractivity contribution in [1.29, 1.82) is 0 Å². The van der Waals surface area contributed by atoms with Crippen molar-refractivity contribution < 1.29 is 14.7 Å². The molecular weight excluding hydrogens is 262 g/mol. The van der Waals surface area contributed by atoms with Crippen molar-refractivity contribution in [3.05, 3.63) is 35.4 Å². The Morgan fingerprint density at radius 3 is 2.47 bits per heavy atom. The Bertz CT molecular complexity index is 472. The van der Waals surface area contributed by atoms with Crippen LogP contribution in [0, 0.1) is 0 Å². The lowest BCUT2D eigenvalue weighted by Gasteiger charge is -2.26. The summed E-state index contributed by atoms with van der Waals surface area (Å²) in [6.45, 7) is 2.82. The molecule has 19 heavy (non-hydrogen) atoms. The number of thioether (sulfide) groups is 1. The Kier molecular flexibility index (Phi) is 4.47. The van der Waals surface area contributed by atoms with Crippen LogP contribution in [0.2, 0.25) is 0 Å². The maximum Gasteiger partial charge on any atom is 0.335 e. The third-order valence-corrected chi connectivity index (χ3v) is 4.32. The van der Waals surface area contributed by atoms with Gasteiger partial charge in [-0.3, -0.25) is 4.79 Å². The fraction of sp³-hybridized carbons (Fsp3) is 0.429. The number of carboxylic acids is 1. The molecule has 0 aromatic heterocycles. The Balaban J connectivity index is 2.15. The quantitative estimate of drug-likeness (QED) is 0.903. The van der Waals surface area contributed by atoms with Crippen molar-refractivity contribution in [1.82, 2.24) is 4.90 Å². The molecule has 1 aliphatic heterocycles. The predicted molar refractivity (Wildman–Crippen MR) is 75.8 cm³/mol. The fourth-order valence-corrected chi connectivity index (χ4v) is 3.16. The number of hydrogen-bond acceptors (Lipinski definition) is 3. The van der Waals surface area contributed by atoms with Gasteiger partial charge in [0, 0.05) is 23.9 Å². The topological polar surface area (TPSA) is 57.6 Å². The number of rotatable bonds is 2. The first kappa shape index (κ1) is 13.9. The number of aromatic carboxylic acids is 1. The van der Waals surface area contributed by atoms with Crippen molar-refractivity contribution in [2.75, 3.05) is 18.1 Å². The Morgan fingerprint density at radius 2 is 1.84 bits per heavy atom. The van der Waals surface area contributed by atoms with Gasteiger partial charge in [0.15, 0.2) is 0 Å². The van der Waals surface area contributed by atoms with Crippen LogP contribution in [0.3, 0.4) is 0 Å². The van der Waals surface area contributed by atoms with Crippen LogP contribution in [0.5, 0.6) is 0 Å². The molecule has 102 valence electrons. The molecule has 0 spiro atoms. The summed E-state index contributed by atoms with van der Waals surface area (Å²) >= 11 is 1.87. The molecule has 1 saturated heterocycles. The van der Waals surface area contributed by atoms with Gasteiger partial charge in [-0.2, -0.15) is 11.8 Å². The zero-order chi connectivity index (χ0) is 13.8. The van der Waals surface area contributed by atoms with Crippen LogP contribution >= 0.6 is 11.8 Å². The van der Waals surface area contributed by atoms with E-state index in [-0.39, 0.29) is 17.5 Å². The Hall–Kier alpha value is -1.49. The number of nitrogens with zero attached hydrogens (tertiary/aromatic N) is 1. The zero-order valence-electron chi connectivity index (χ0n) is 10.8. The van der Waals surface area contributed by atoms with Gasteiger partial charge < -0.3 is 10.0 Å². The van der Waals surface area contributed by atoms with Crippen LogP contribution in [-0.2, 0) is 0 Å². The van der Waals surface area contributed by atoms with E-state index in [1.54, 1.807) is 12.1 Å². The van der Waals surface area contributed by atoms with E-state index in [9.17, 15) is 9.59 Å². The van der Waals surface area contributed by atoms with Crippen molar-refractivity contribution in [3.63, 3.8) is 0 Å². The number of carboxylic acid groups (broad SMARTS) is 1. The van der Waals surface area contributed by atoms with Crippen molar-refractivity contribution in [3.8, 4) is 0 Å². The first-order valence-corrected chi connectivity index (χ1v) is 7.47. The van der Waals surface area contributed by atoms with Gasteiger partial charge in [0.2, 0.25) is 0 Å². The Morgan fingerprint density at radius 1 is 1.21 bits per heavy atom. The fourth-order valence-electron chi connectivity index (χ4n) is 2.12. The summed E-state index contributed by atoms with van der Waals surface area (Å²) in [4.78, 5) is 25.1. The Labute approximate surface area is 116 Å². The van der Waals surface area contributed by atoms with Crippen molar-refractivity contribution in [2.24, 2.45) is 0 Å². The highest BCUT2D eigenvalue weighted by Crippen LogP contribution is 2.18. The van der Waals surface area contributed by atoms with E-state index in [4.69, 9.17) is 5.11 Å². The maximum absolute atomic E-state index is 12.4. The molecule has 1 amide bonds. The predicted octanol–water partition coefficient (Wildman–Crippen LogP) is 2.35. The highest BCUT2D eigenvalue weighted by atomic mass is 32.2. The second-order valence-corrected chi connectivity index (χ2v) is 5.86. The average molecular weight is 279 g/mol. The minimum atomic E-state index is -0.974. The van der Waals surface area contributed by atoms with Crippen molar-refractivity contribution >= 4 is 23.6 Å². The van der Waals surface area contributed by atoms with E-state index in [1.165, 1.54) is 12.1 Å². The molecule has 0 bridgehead atoms. The monoisotopic (exact) mass is 279 g/mol. The summed E-state index contributed by atoms with van der Waals surface area (Å²) in [5, 5.41) is 8.84. The minimum Gasteiger partial charge on any atom is -0.478 e. The van der Waals surface area contributed by atoms with Gasteiger partial charge in [0.25, 0.3) is 5.91 Å². The summed E-state index contributed by atoms with van der Waals surface area (Å²) < 4.78 is 0. The average Bonchev–Trinajstić information content (AvgIpc) is 2.63. The number of carbonyl (C=O) groups excluding carboxylic acids is 1. The van der Waals surface area contributed by atoms with E-state index in [1.807, 2.05) is 16.7 Å². The summed E-state index contributed by atoms with van der Waals surface area (Å²) in [6, 6.07) is 6.38. The SMILES string of the molecule is CC1CCSCCN1C(=O)c1ccc(C(=O)O)cc1. The highest BCUT2D eigenvalue weighted by Gasteiger charge is 2.23. The largest absolute Gasteiger partial charge is 0.478 e. The number of hydrogen-bond donors (Lipinski definition) is 1. The third kappa shape index (κ3) is 3.29. The van der Waals surface area contributed by atoms with Gasteiger partial charge in [-0.05, 0) is 43.4 Å². The third-order valence-electron chi connectivity index (χ3n) is 3.33. The molecule has 0 saturated carbocycles. The van der Waals surface area contributed by atoms with E-state index >= 15 is 0 Å². The van der Waals surface area contributed by atoms with Gasteiger partial charge in [0.05, 0.1) is 5.56 Å². The molecule has 1 N–H and O–H groups in total. The second-order valence-electron chi connectivity index (χ2n) is 4.63.